The molecular formula is C34H42N2O8. The molecule has 0 radical (unpaired) electrons. The fourth-order valence-electron chi connectivity index (χ4n) is 7.04. The summed E-state index contributed by atoms with van der Waals surface area (Å²) in [5.41, 5.74) is 1.04. The van der Waals surface area contributed by atoms with Crippen LogP contribution in [-0.2, 0) is 33.4 Å². The van der Waals surface area contributed by atoms with Gasteiger partial charge < -0.3 is 29.5 Å². The number of cyclic esters (lactones) is 1. The number of hydrogen-bond donors (Lipinski definition) is 2. The maximum absolute atomic E-state index is 13.1. The van der Waals surface area contributed by atoms with Gasteiger partial charge in [-0.1, -0.05) is 30.3 Å². The number of carboxylic acid groups (broad SMARTS) is 1. The maximum atomic E-state index is 13.1. The number of allylic oxidation sites excluding steroid dienone is 2. The summed E-state index contributed by atoms with van der Waals surface area (Å²) in [6, 6.07) is 7.99. The van der Waals surface area contributed by atoms with Crippen molar-refractivity contribution < 1.29 is 38.5 Å². The van der Waals surface area contributed by atoms with Crippen LogP contribution >= 0.6 is 0 Å². The quantitative estimate of drug-likeness (QED) is 0.382. The van der Waals surface area contributed by atoms with Crippen LogP contribution in [-0.4, -0.2) is 72.2 Å². The minimum Gasteiger partial charge on any atom is -0.484 e. The van der Waals surface area contributed by atoms with Crippen molar-refractivity contribution in [3.63, 3.8) is 0 Å². The highest BCUT2D eigenvalue weighted by Gasteiger charge is 2.47. The number of aliphatic carboxylic acids is 1. The number of rotatable bonds is 10. The maximum Gasteiger partial charge on any atom is 0.314 e. The first-order valence-electron chi connectivity index (χ1n) is 16.0. The lowest BCUT2D eigenvalue weighted by Crippen LogP contribution is -2.50. The van der Waals surface area contributed by atoms with E-state index in [-0.39, 0.29) is 49.2 Å². The molecule has 2 N–H and O–H groups in total. The van der Waals surface area contributed by atoms with Crippen LogP contribution in [0.25, 0.3) is 0 Å². The van der Waals surface area contributed by atoms with Crippen molar-refractivity contribution in [2.45, 2.75) is 82.5 Å². The monoisotopic (exact) mass is 606 g/mol. The van der Waals surface area contributed by atoms with E-state index in [1.165, 1.54) is 18.4 Å². The average Bonchev–Trinajstić information content (AvgIpc) is 3.55. The molecule has 3 saturated heterocycles. The summed E-state index contributed by atoms with van der Waals surface area (Å²) >= 11 is 0. The lowest BCUT2D eigenvalue weighted by atomic mass is 9.68. The first-order valence-corrected chi connectivity index (χ1v) is 16.0. The van der Waals surface area contributed by atoms with Crippen LogP contribution in [0, 0.1) is 17.3 Å². The Balaban J connectivity index is 1.16. The molecule has 44 heavy (non-hydrogen) atoms. The Kier molecular flexibility index (Phi) is 8.80. The van der Waals surface area contributed by atoms with Crippen molar-refractivity contribution in [1.29, 1.82) is 0 Å². The molecule has 3 heterocycles. The van der Waals surface area contributed by atoms with Crippen molar-refractivity contribution in [1.82, 2.24) is 10.2 Å². The topological polar surface area (TPSA) is 131 Å². The normalized spacial score (nSPS) is 29.8. The van der Waals surface area contributed by atoms with Crippen LogP contribution in [0.4, 0.5) is 0 Å². The van der Waals surface area contributed by atoms with Gasteiger partial charge in [-0.15, -0.1) is 0 Å². The lowest BCUT2D eigenvalue weighted by Gasteiger charge is -2.42. The standard InChI is InChI=1S/C34H42N2O8/c1-21(35-31(38)28-5-3-17-42-28)30(24-10-8-23(9-11-24)22-6-7-22)44-27-12-14-34(15-13-27,33(40)41)26-4-2-16-36(19-26)32(39)25-18-29(37)43-20-25/h8-14,21-22,25-26,28,30H,2-7,15-20H2,1H3,(H,35,38)(H,40,41)/t21?,25-,26-,28-,30?,34?/m1/s1. The summed E-state index contributed by atoms with van der Waals surface area (Å²) in [5, 5.41) is 13.6. The number of carbonyl (C=O) groups excluding carboxylic acids is 3. The Morgan fingerprint density at radius 2 is 1.91 bits per heavy atom. The minimum absolute atomic E-state index is 0.0739. The number of esters is 1. The number of hydrogen-bond acceptors (Lipinski definition) is 7. The molecule has 1 aromatic carbocycles. The van der Waals surface area contributed by atoms with Gasteiger partial charge in [0.25, 0.3) is 0 Å². The fourth-order valence-corrected chi connectivity index (χ4v) is 7.04. The molecular weight excluding hydrogens is 564 g/mol. The number of benzene rings is 1. The number of carboxylic acids is 1. The van der Waals surface area contributed by atoms with Gasteiger partial charge in [0.15, 0.2) is 0 Å². The number of piperidine rings is 1. The van der Waals surface area contributed by atoms with Gasteiger partial charge in [-0.05, 0) is 87.0 Å². The van der Waals surface area contributed by atoms with E-state index >= 15 is 0 Å². The molecule has 0 spiro atoms. The number of nitrogens with one attached hydrogen (secondary N) is 1. The van der Waals surface area contributed by atoms with E-state index in [1.54, 1.807) is 17.1 Å². The molecule has 5 aliphatic rings. The Morgan fingerprint density at radius 1 is 1.11 bits per heavy atom. The van der Waals surface area contributed by atoms with Crippen LogP contribution in [0.3, 0.4) is 0 Å². The molecule has 6 atom stereocenters. The first kappa shape index (κ1) is 30.4. The van der Waals surface area contributed by atoms with Gasteiger partial charge in [0.2, 0.25) is 11.8 Å². The fraction of sp³-hybridized carbons (Fsp3) is 0.588. The zero-order valence-corrected chi connectivity index (χ0v) is 25.2. The van der Waals surface area contributed by atoms with Crippen LogP contribution in [0.15, 0.2) is 48.3 Å². The molecule has 236 valence electrons. The van der Waals surface area contributed by atoms with E-state index in [2.05, 4.69) is 29.6 Å². The molecule has 3 unspecified atom stereocenters. The predicted molar refractivity (Wildman–Crippen MR) is 159 cm³/mol. The van der Waals surface area contributed by atoms with Gasteiger partial charge in [-0.25, -0.2) is 0 Å². The van der Waals surface area contributed by atoms with Crippen LogP contribution in [0.1, 0.15) is 81.4 Å². The van der Waals surface area contributed by atoms with E-state index in [4.69, 9.17) is 14.2 Å². The van der Waals surface area contributed by atoms with Crippen LogP contribution in [0.2, 0.25) is 0 Å². The molecule has 0 aromatic heterocycles. The van der Waals surface area contributed by atoms with Crippen molar-refractivity contribution in [3.8, 4) is 0 Å². The second-order valence-electron chi connectivity index (χ2n) is 13.0. The van der Waals surface area contributed by atoms with Gasteiger partial charge in [0.1, 0.15) is 24.6 Å². The number of carbonyl (C=O) groups is 4. The van der Waals surface area contributed by atoms with Gasteiger partial charge in [-0.2, -0.15) is 0 Å². The summed E-state index contributed by atoms with van der Waals surface area (Å²) in [7, 11) is 0. The smallest absolute Gasteiger partial charge is 0.314 e. The highest BCUT2D eigenvalue weighted by molar-refractivity contribution is 5.86. The van der Waals surface area contributed by atoms with Gasteiger partial charge in [-0.3, -0.25) is 19.2 Å². The second kappa shape index (κ2) is 12.8. The molecule has 1 aromatic rings. The Bertz CT molecular complexity index is 1330. The highest BCUT2D eigenvalue weighted by Crippen LogP contribution is 2.44. The summed E-state index contributed by atoms with van der Waals surface area (Å²) in [5.74, 6) is -1.23. The molecule has 10 nitrogen and oxygen atoms in total. The SMILES string of the molecule is CC(NC(=O)[C@H]1CCCO1)C(OC1=CCC(C(=O)O)([C@@H]2CCCN(C(=O)[C@H]3COC(=O)C3)C2)C=C1)c1ccc(C2CC2)cc1. The van der Waals surface area contributed by atoms with Crippen molar-refractivity contribution in [2.75, 3.05) is 26.3 Å². The molecule has 3 aliphatic heterocycles. The lowest BCUT2D eigenvalue weighted by molar-refractivity contribution is -0.152. The van der Waals surface area contributed by atoms with Crippen LogP contribution < -0.4 is 5.32 Å². The van der Waals surface area contributed by atoms with E-state index in [0.29, 0.717) is 50.6 Å². The molecule has 10 heteroatoms. The predicted octanol–water partition coefficient (Wildman–Crippen LogP) is 4.02. The first-order chi connectivity index (χ1) is 21.2. The third-order valence-corrected chi connectivity index (χ3v) is 9.88. The average molecular weight is 607 g/mol. The number of likely N-dealkylation sites (tertiary alicyclic amines) is 1. The highest BCUT2D eigenvalue weighted by atomic mass is 16.5. The second-order valence-corrected chi connectivity index (χ2v) is 13.0. The molecule has 6 rings (SSSR count). The summed E-state index contributed by atoms with van der Waals surface area (Å²) < 4.78 is 17.1. The largest absolute Gasteiger partial charge is 0.484 e. The molecule has 0 bridgehead atoms. The number of nitrogens with zero attached hydrogens (tertiary/aromatic N) is 1. The van der Waals surface area contributed by atoms with Gasteiger partial charge >= 0.3 is 11.9 Å². The van der Waals surface area contributed by atoms with E-state index in [1.807, 2.05) is 13.0 Å². The molecule has 2 aliphatic carbocycles. The number of ether oxygens (including phenoxy) is 3. The zero-order valence-electron chi connectivity index (χ0n) is 25.2. The Hall–Kier alpha value is -3.66. The Morgan fingerprint density at radius 3 is 2.52 bits per heavy atom. The Labute approximate surface area is 257 Å². The van der Waals surface area contributed by atoms with Crippen molar-refractivity contribution >= 4 is 23.8 Å². The van der Waals surface area contributed by atoms with E-state index in [0.717, 1.165) is 12.0 Å². The van der Waals surface area contributed by atoms with Crippen molar-refractivity contribution in [2.24, 2.45) is 17.3 Å². The molecule has 1 saturated carbocycles. The number of amides is 2. The zero-order chi connectivity index (χ0) is 30.8. The summed E-state index contributed by atoms with van der Waals surface area (Å²) in [6.45, 7) is 3.44. The van der Waals surface area contributed by atoms with Crippen LogP contribution in [0.5, 0.6) is 0 Å². The third-order valence-electron chi connectivity index (χ3n) is 9.88. The molecule has 4 fully saturated rings. The van der Waals surface area contributed by atoms with E-state index < -0.39 is 29.5 Å². The summed E-state index contributed by atoms with van der Waals surface area (Å²) in [4.78, 5) is 52.1. The van der Waals surface area contributed by atoms with E-state index in [9.17, 15) is 24.3 Å². The van der Waals surface area contributed by atoms with Crippen molar-refractivity contribution in [3.05, 3.63) is 59.4 Å². The van der Waals surface area contributed by atoms with Gasteiger partial charge in [0, 0.05) is 19.7 Å². The van der Waals surface area contributed by atoms with Gasteiger partial charge in [0.05, 0.1) is 23.8 Å². The molecule has 2 amide bonds. The summed E-state index contributed by atoms with van der Waals surface area (Å²) in [6.07, 6.45) is 9.93. The third kappa shape index (κ3) is 6.41. The minimum atomic E-state index is -1.19.